The monoisotopic (exact) mass is 403 g/mol. The normalized spacial score (nSPS) is 11.6. The molecule has 2 N–H and O–H groups in total. The second-order valence-electron chi connectivity index (χ2n) is 6.29. The maximum absolute atomic E-state index is 12.3. The first-order valence-electron chi connectivity index (χ1n) is 9.12. The number of rotatable bonds is 8. The van der Waals surface area contributed by atoms with Crippen LogP contribution in [0.1, 0.15) is 42.3 Å². The van der Waals surface area contributed by atoms with Gasteiger partial charge in [-0.2, -0.15) is 5.10 Å². The zero-order valence-electron chi connectivity index (χ0n) is 16.6. The Kier molecular flexibility index (Phi) is 7.84. The summed E-state index contributed by atoms with van der Waals surface area (Å²) in [5.74, 6) is 0.133. The summed E-state index contributed by atoms with van der Waals surface area (Å²) in [4.78, 5) is 14.6. The molecule has 2 aromatic carbocycles. The van der Waals surface area contributed by atoms with E-state index in [-0.39, 0.29) is 11.3 Å². The second-order valence-corrected chi connectivity index (χ2v) is 6.72. The third-order valence-corrected chi connectivity index (χ3v) is 4.75. The number of aromatic hydroxyl groups is 1. The van der Waals surface area contributed by atoms with E-state index in [1.54, 1.807) is 14.0 Å². The topological polar surface area (TPSA) is 74.2 Å². The molecule has 6 nitrogen and oxygen atoms in total. The molecule has 0 unspecified atom stereocenters. The number of amides is 1. The Morgan fingerprint density at radius 2 is 1.93 bits per heavy atom. The van der Waals surface area contributed by atoms with Crippen molar-refractivity contribution in [2.24, 2.45) is 5.10 Å². The number of hydrogen-bond donors (Lipinski definition) is 2. The lowest BCUT2D eigenvalue weighted by Gasteiger charge is -2.20. The number of halogens is 1. The second kappa shape index (κ2) is 10.1. The number of carbonyl (C=O) groups is 1. The van der Waals surface area contributed by atoms with Crippen LogP contribution in [-0.4, -0.2) is 41.8 Å². The number of nitrogens with zero attached hydrogens (tertiary/aromatic N) is 2. The first-order valence-corrected chi connectivity index (χ1v) is 9.50. The van der Waals surface area contributed by atoms with Gasteiger partial charge in [-0.25, -0.2) is 5.43 Å². The van der Waals surface area contributed by atoms with E-state index in [4.69, 9.17) is 16.3 Å². The quantitative estimate of drug-likeness (QED) is 0.515. The highest BCUT2D eigenvalue weighted by atomic mass is 35.5. The average molecular weight is 404 g/mol. The molecule has 0 aliphatic rings. The van der Waals surface area contributed by atoms with Crippen molar-refractivity contribution in [1.29, 1.82) is 0 Å². The number of benzene rings is 2. The molecule has 0 saturated carbocycles. The predicted molar refractivity (Wildman–Crippen MR) is 112 cm³/mol. The molecule has 0 atom stereocenters. The molecule has 0 bridgehead atoms. The molecule has 2 aromatic rings. The van der Waals surface area contributed by atoms with E-state index < -0.39 is 5.91 Å². The maximum atomic E-state index is 12.3. The van der Waals surface area contributed by atoms with Crippen LogP contribution < -0.4 is 10.2 Å². The van der Waals surface area contributed by atoms with Gasteiger partial charge in [0.05, 0.1) is 18.4 Å². The van der Waals surface area contributed by atoms with Gasteiger partial charge in [0.15, 0.2) is 0 Å². The summed E-state index contributed by atoms with van der Waals surface area (Å²) < 4.78 is 5.47. The van der Waals surface area contributed by atoms with Crippen LogP contribution in [0.4, 0.5) is 0 Å². The van der Waals surface area contributed by atoms with Gasteiger partial charge in [-0.3, -0.25) is 9.69 Å². The molecule has 0 aliphatic heterocycles. The fraction of sp³-hybridized carbons (Fsp3) is 0.333. The predicted octanol–water partition coefficient (Wildman–Crippen LogP) is 4.05. The lowest BCUT2D eigenvalue weighted by atomic mass is 10.1. The van der Waals surface area contributed by atoms with E-state index in [0.29, 0.717) is 10.7 Å². The summed E-state index contributed by atoms with van der Waals surface area (Å²) in [7, 11) is 1.65. The fourth-order valence-corrected chi connectivity index (χ4v) is 2.94. The molecular weight excluding hydrogens is 378 g/mol. The van der Waals surface area contributed by atoms with Crippen LogP contribution >= 0.6 is 11.6 Å². The molecule has 0 radical (unpaired) electrons. The van der Waals surface area contributed by atoms with Gasteiger partial charge in [0, 0.05) is 17.1 Å². The first kappa shape index (κ1) is 21.7. The van der Waals surface area contributed by atoms with Gasteiger partial charge >= 0.3 is 0 Å². The summed E-state index contributed by atoms with van der Waals surface area (Å²) in [5.41, 5.74) is 5.10. The van der Waals surface area contributed by atoms with Crippen LogP contribution in [0.3, 0.4) is 0 Å². The van der Waals surface area contributed by atoms with E-state index in [9.17, 15) is 9.90 Å². The van der Waals surface area contributed by atoms with E-state index in [0.717, 1.165) is 36.5 Å². The SMILES string of the molecule is CCN(CC)Cc1cc(/C(C)=N\NC(=O)c2cc(Cl)ccc2O)ccc1OC. The number of nitrogens with one attached hydrogen (secondary N) is 1. The summed E-state index contributed by atoms with van der Waals surface area (Å²) in [5, 5.41) is 14.4. The van der Waals surface area contributed by atoms with Crippen LogP contribution in [0, 0.1) is 0 Å². The third-order valence-electron chi connectivity index (χ3n) is 4.51. The van der Waals surface area contributed by atoms with Crippen LogP contribution in [0.5, 0.6) is 11.5 Å². The van der Waals surface area contributed by atoms with Crippen LogP contribution in [0.2, 0.25) is 5.02 Å². The molecule has 0 fully saturated rings. The van der Waals surface area contributed by atoms with Gasteiger partial charge in [-0.1, -0.05) is 25.4 Å². The summed E-state index contributed by atoms with van der Waals surface area (Å²) in [6.07, 6.45) is 0. The van der Waals surface area contributed by atoms with Crippen molar-refractivity contribution in [3.8, 4) is 11.5 Å². The van der Waals surface area contributed by atoms with E-state index in [2.05, 4.69) is 29.3 Å². The number of ether oxygens (including phenoxy) is 1. The molecule has 0 heterocycles. The number of hydrogen-bond acceptors (Lipinski definition) is 5. The summed E-state index contributed by atoms with van der Waals surface area (Å²) in [6, 6.07) is 10.1. The van der Waals surface area contributed by atoms with E-state index >= 15 is 0 Å². The molecule has 0 spiro atoms. The standard InChI is InChI=1S/C21H26ClN3O3/c1-5-25(6-2)13-16-11-15(7-10-20(16)28-4)14(3)23-24-21(27)18-12-17(22)8-9-19(18)26/h7-12,26H,5-6,13H2,1-4H3,(H,24,27)/b23-14-. The maximum Gasteiger partial charge on any atom is 0.275 e. The van der Waals surface area contributed by atoms with Gasteiger partial charge in [-0.05, 0) is 62.0 Å². The van der Waals surface area contributed by atoms with Gasteiger partial charge in [-0.15, -0.1) is 0 Å². The van der Waals surface area contributed by atoms with Crippen molar-refractivity contribution in [2.75, 3.05) is 20.2 Å². The number of hydrazone groups is 1. The Bertz CT molecular complexity index is 864. The van der Waals surface area contributed by atoms with Gasteiger partial charge < -0.3 is 9.84 Å². The molecular formula is C21H26ClN3O3. The highest BCUT2D eigenvalue weighted by molar-refractivity contribution is 6.31. The van der Waals surface area contributed by atoms with Crippen LogP contribution in [0.15, 0.2) is 41.5 Å². The van der Waals surface area contributed by atoms with Gasteiger partial charge in [0.2, 0.25) is 0 Å². The van der Waals surface area contributed by atoms with Crippen LogP contribution in [0.25, 0.3) is 0 Å². The Labute approximate surface area is 170 Å². The highest BCUT2D eigenvalue weighted by Crippen LogP contribution is 2.23. The number of phenolic OH excluding ortho intramolecular Hbond substituents is 1. The van der Waals surface area contributed by atoms with E-state index in [1.165, 1.54) is 18.2 Å². The molecule has 28 heavy (non-hydrogen) atoms. The van der Waals surface area contributed by atoms with Crippen molar-refractivity contribution in [1.82, 2.24) is 10.3 Å². The molecule has 150 valence electrons. The van der Waals surface area contributed by atoms with Crippen molar-refractivity contribution >= 4 is 23.2 Å². The Morgan fingerprint density at radius 3 is 2.57 bits per heavy atom. The zero-order chi connectivity index (χ0) is 20.7. The number of methoxy groups -OCH3 is 1. The third kappa shape index (κ3) is 5.47. The Hall–Kier alpha value is -2.57. The first-order chi connectivity index (χ1) is 13.4. The minimum absolute atomic E-state index is 0.0704. The fourth-order valence-electron chi connectivity index (χ4n) is 2.76. The van der Waals surface area contributed by atoms with Crippen molar-refractivity contribution < 1.29 is 14.6 Å². The highest BCUT2D eigenvalue weighted by Gasteiger charge is 2.13. The van der Waals surface area contributed by atoms with Crippen molar-refractivity contribution in [3.63, 3.8) is 0 Å². The minimum Gasteiger partial charge on any atom is -0.507 e. The largest absolute Gasteiger partial charge is 0.507 e. The lowest BCUT2D eigenvalue weighted by molar-refractivity contribution is 0.0952. The lowest BCUT2D eigenvalue weighted by Crippen LogP contribution is -2.23. The van der Waals surface area contributed by atoms with Crippen LogP contribution in [-0.2, 0) is 6.54 Å². The van der Waals surface area contributed by atoms with Gasteiger partial charge in [0.1, 0.15) is 11.5 Å². The summed E-state index contributed by atoms with van der Waals surface area (Å²) in [6.45, 7) is 8.69. The number of carbonyl (C=O) groups excluding carboxylic acids is 1. The summed E-state index contributed by atoms with van der Waals surface area (Å²) >= 11 is 5.89. The Balaban J connectivity index is 2.21. The van der Waals surface area contributed by atoms with E-state index in [1.807, 2.05) is 18.2 Å². The molecule has 0 saturated heterocycles. The average Bonchev–Trinajstić information content (AvgIpc) is 2.71. The minimum atomic E-state index is -0.531. The van der Waals surface area contributed by atoms with Crippen molar-refractivity contribution in [2.45, 2.75) is 27.3 Å². The van der Waals surface area contributed by atoms with Gasteiger partial charge in [0.25, 0.3) is 5.91 Å². The Morgan fingerprint density at radius 1 is 1.21 bits per heavy atom. The molecule has 0 aromatic heterocycles. The molecule has 1 amide bonds. The molecule has 7 heteroatoms. The zero-order valence-corrected chi connectivity index (χ0v) is 17.4. The smallest absolute Gasteiger partial charge is 0.275 e. The number of phenols is 1. The van der Waals surface area contributed by atoms with Crippen molar-refractivity contribution in [3.05, 3.63) is 58.1 Å². The molecule has 2 rings (SSSR count). The molecule has 0 aliphatic carbocycles.